The average molecular weight is 396 g/mol. The van der Waals surface area contributed by atoms with Gasteiger partial charge in [-0.25, -0.2) is 4.79 Å². The Morgan fingerprint density at radius 3 is 2.52 bits per heavy atom. The van der Waals surface area contributed by atoms with Crippen molar-refractivity contribution in [2.45, 2.75) is 26.3 Å². The molecule has 3 aromatic rings. The first-order chi connectivity index (χ1) is 14.0. The molecule has 0 bridgehead atoms. The molecule has 0 radical (unpaired) electrons. The van der Waals surface area contributed by atoms with Crippen molar-refractivity contribution in [3.05, 3.63) is 64.0 Å². The fraction of sp³-hybridized carbons (Fsp3) is 0.273. The van der Waals surface area contributed by atoms with Crippen molar-refractivity contribution in [2.75, 3.05) is 19.0 Å². The van der Waals surface area contributed by atoms with E-state index in [-0.39, 0.29) is 17.2 Å². The minimum atomic E-state index is -0.756. The van der Waals surface area contributed by atoms with Crippen LogP contribution < -0.4 is 26.1 Å². The minimum Gasteiger partial charge on any atom is -0.493 e. The lowest BCUT2D eigenvalue weighted by molar-refractivity contribution is 0.102. The molecule has 1 amide bonds. The second-order valence-electron chi connectivity index (χ2n) is 6.49. The second kappa shape index (κ2) is 8.79. The smallest absolute Gasteiger partial charge is 0.349 e. The van der Waals surface area contributed by atoms with Crippen molar-refractivity contribution in [3.63, 3.8) is 0 Å². The minimum absolute atomic E-state index is 0.0520. The molecule has 0 unspecified atom stereocenters. The summed E-state index contributed by atoms with van der Waals surface area (Å²) in [6.07, 6.45) is 0.818. The molecule has 0 saturated heterocycles. The largest absolute Gasteiger partial charge is 0.493 e. The Morgan fingerprint density at radius 1 is 1.17 bits per heavy atom. The van der Waals surface area contributed by atoms with Crippen LogP contribution in [0.2, 0.25) is 0 Å². The first-order valence-electron chi connectivity index (χ1n) is 9.43. The molecule has 0 fully saturated rings. The molecule has 2 aromatic carbocycles. The molecule has 1 heterocycles. The third-order valence-electron chi connectivity index (χ3n) is 4.61. The molecular formula is C22H24N2O5. The lowest BCUT2D eigenvalue weighted by atomic mass is 10.1. The summed E-state index contributed by atoms with van der Waals surface area (Å²) in [5.74, 6) is 0.228. The third kappa shape index (κ3) is 4.25. The third-order valence-corrected chi connectivity index (χ3v) is 4.61. The first-order valence-corrected chi connectivity index (χ1v) is 9.43. The standard InChI is InChI=1S/C22H24N2O5/c1-4-17(23)13-6-9-15(10-7-13)24-21(25)16-12-14-8-11-18(27-3)20(28-5-2)19(14)29-22(16)26/h6-12,17H,4-5,23H2,1-3H3,(H,24,25)/t17-/m1/s1. The van der Waals surface area contributed by atoms with Crippen LogP contribution in [0.4, 0.5) is 5.69 Å². The van der Waals surface area contributed by atoms with Gasteiger partial charge >= 0.3 is 5.63 Å². The Hall–Kier alpha value is -3.32. The molecule has 3 rings (SSSR count). The number of fused-ring (bicyclic) bond motifs is 1. The number of rotatable bonds is 7. The van der Waals surface area contributed by atoms with Gasteiger partial charge in [0, 0.05) is 17.1 Å². The van der Waals surface area contributed by atoms with Gasteiger partial charge < -0.3 is 24.9 Å². The number of methoxy groups -OCH3 is 1. The van der Waals surface area contributed by atoms with Crippen molar-refractivity contribution in [3.8, 4) is 11.5 Å². The van der Waals surface area contributed by atoms with Crippen LogP contribution in [-0.4, -0.2) is 19.6 Å². The van der Waals surface area contributed by atoms with Crippen molar-refractivity contribution in [1.82, 2.24) is 0 Å². The van der Waals surface area contributed by atoms with Crippen LogP contribution in [0.15, 0.2) is 51.7 Å². The number of hydrogen-bond acceptors (Lipinski definition) is 6. The van der Waals surface area contributed by atoms with Gasteiger partial charge in [0.25, 0.3) is 5.91 Å². The Morgan fingerprint density at radius 2 is 1.90 bits per heavy atom. The summed E-state index contributed by atoms with van der Waals surface area (Å²) in [6, 6.07) is 12.1. The van der Waals surface area contributed by atoms with E-state index in [1.807, 2.05) is 26.0 Å². The van der Waals surface area contributed by atoms with Crippen molar-refractivity contribution < 1.29 is 18.7 Å². The summed E-state index contributed by atoms with van der Waals surface area (Å²) < 4.78 is 16.2. The summed E-state index contributed by atoms with van der Waals surface area (Å²) in [6.45, 7) is 4.20. The molecular weight excluding hydrogens is 372 g/mol. The van der Waals surface area contributed by atoms with E-state index < -0.39 is 11.5 Å². The molecule has 0 aliphatic heterocycles. The molecule has 0 spiro atoms. The number of carbonyl (C=O) groups is 1. The summed E-state index contributed by atoms with van der Waals surface area (Å²) in [5, 5.41) is 3.27. The number of hydrogen-bond donors (Lipinski definition) is 2. The van der Waals surface area contributed by atoms with Gasteiger partial charge in [-0.3, -0.25) is 4.79 Å². The highest BCUT2D eigenvalue weighted by Gasteiger charge is 2.18. The second-order valence-corrected chi connectivity index (χ2v) is 6.49. The van der Waals surface area contributed by atoms with E-state index in [2.05, 4.69) is 5.32 Å². The molecule has 0 aliphatic rings. The van der Waals surface area contributed by atoms with Gasteiger partial charge in [-0.15, -0.1) is 0 Å². The van der Waals surface area contributed by atoms with Crippen molar-refractivity contribution in [1.29, 1.82) is 0 Å². The molecule has 1 atom stereocenters. The van der Waals surface area contributed by atoms with Gasteiger partial charge in [-0.1, -0.05) is 19.1 Å². The SMILES string of the molecule is CCOc1c(OC)ccc2cc(C(=O)Nc3ccc([C@H](N)CC)cc3)c(=O)oc12. The van der Waals surface area contributed by atoms with Crippen LogP contribution in [-0.2, 0) is 0 Å². The Kier molecular flexibility index (Phi) is 6.19. The van der Waals surface area contributed by atoms with E-state index in [1.165, 1.54) is 13.2 Å². The quantitative estimate of drug-likeness (QED) is 0.588. The summed E-state index contributed by atoms with van der Waals surface area (Å²) in [4.78, 5) is 25.1. The van der Waals surface area contributed by atoms with E-state index in [0.717, 1.165) is 12.0 Å². The van der Waals surface area contributed by atoms with Crippen LogP contribution in [0.3, 0.4) is 0 Å². The van der Waals surface area contributed by atoms with E-state index in [9.17, 15) is 9.59 Å². The highest BCUT2D eigenvalue weighted by Crippen LogP contribution is 2.35. The van der Waals surface area contributed by atoms with Gasteiger partial charge in [-0.2, -0.15) is 0 Å². The first kappa shape index (κ1) is 20.4. The van der Waals surface area contributed by atoms with Gasteiger partial charge in [0.2, 0.25) is 5.75 Å². The zero-order valence-electron chi connectivity index (χ0n) is 16.7. The molecule has 7 heteroatoms. The monoisotopic (exact) mass is 396 g/mol. The van der Waals surface area contributed by atoms with Crippen molar-refractivity contribution in [2.24, 2.45) is 5.73 Å². The Balaban J connectivity index is 1.92. The molecule has 0 aliphatic carbocycles. The normalized spacial score (nSPS) is 11.9. The molecule has 7 nitrogen and oxygen atoms in total. The fourth-order valence-corrected chi connectivity index (χ4v) is 2.99. The lowest BCUT2D eigenvalue weighted by Crippen LogP contribution is -2.20. The van der Waals surface area contributed by atoms with Crippen molar-refractivity contribution >= 4 is 22.6 Å². The summed E-state index contributed by atoms with van der Waals surface area (Å²) in [5.41, 5.74) is 6.93. The fourth-order valence-electron chi connectivity index (χ4n) is 2.99. The van der Waals surface area contributed by atoms with E-state index in [0.29, 0.717) is 29.2 Å². The van der Waals surface area contributed by atoms with Crippen LogP contribution in [0, 0.1) is 0 Å². The average Bonchev–Trinajstić information content (AvgIpc) is 2.73. The zero-order chi connectivity index (χ0) is 21.0. The van der Waals surface area contributed by atoms with E-state index >= 15 is 0 Å². The maximum absolute atomic E-state index is 12.6. The number of anilines is 1. The van der Waals surface area contributed by atoms with Gasteiger partial charge in [0.15, 0.2) is 11.3 Å². The predicted molar refractivity (Wildman–Crippen MR) is 112 cm³/mol. The van der Waals surface area contributed by atoms with Crippen LogP contribution in [0.25, 0.3) is 11.0 Å². The number of ether oxygens (including phenoxy) is 2. The number of nitrogens with two attached hydrogens (primary N) is 1. The zero-order valence-corrected chi connectivity index (χ0v) is 16.7. The number of benzene rings is 2. The molecule has 29 heavy (non-hydrogen) atoms. The van der Waals surface area contributed by atoms with Gasteiger partial charge in [-0.05, 0) is 49.2 Å². The summed E-state index contributed by atoms with van der Waals surface area (Å²) in [7, 11) is 1.50. The van der Waals surface area contributed by atoms with Crippen LogP contribution in [0.5, 0.6) is 11.5 Å². The van der Waals surface area contributed by atoms with E-state index in [4.69, 9.17) is 19.6 Å². The Bertz CT molecular complexity index is 1070. The number of carbonyl (C=O) groups excluding carboxylic acids is 1. The maximum Gasteiger partial charge on any atom is 0.349 e. The predicted octanol–water partition coefficient (Wildman–Crippen LogP) is 3.86. The highest BCUT2D eigenvalue weighted by molar-refractivity contribution is 6.05. The lowest BCUT2D eigenvalue weighted by Gasteiger charge is -2.12. The topological polar surface area (TPSA) is 104 Å². The Labute approximate surface area is 168 Å². The highest BCUT2D eigenvalue weighted by atomic mass is 16.5. The number of nitrogens with one attached hydrogen (secondary N) is 1. The van der Waals surface area contributed by atoms with Crippen LogP contribution in [0.1, 0.15) is 42.2 Å². The molecule has 152 valence electrons. The molecule has 3 N–H and O–H groups in total. The van der Waals surface area contributed by atoms with Crippen LogP contribution >= 0.6 is 0 Å². The summed E-state index contributed by atoms with van der Waals surface area (Å²) >= 11 is 0. The van der Waals surface area contributed by atoms with Gasteiger partial charge in [0.1, 0.15) is 5.56 Å². The molecule has 1 aromatic heterocycles. The van der Waals surface area contributed by atoms with E-state index in [1.54, 1.807) is 24.3 Å². The number of amides is 1. The maximum atomic E-state index is 12.6. The molecule has 0 saturated carbocycles. The van der Waals surface area contributed by atoms with Gasteiger partial charge in [0.05, 0.1) is 13.7 Å².